The molecule has 3 rings (SSSR count). The maximum absolute atomic E-state index is 5.99. The lowest BCUT2D eigenvalue weighted by atomic mass is 10.2. The molecule has 0 saturated heterocycles. The van der Waals surface area contributed by atoms with Crippen LogP contribution in [0.25, 0.3) is 11.0 Å². The van der Waals surface area contributed by atoms with Crippen LogP contribution in [0.1, 0.15) is 5.56 Å². The van der Waals surface area contributed by atoms with Gasteiger partial charge in [-0.1, -0.05) is 11.6 Å². The molecule has 4 nitrogen and oxygen atoms in total. The molecule has 102 valence electrons. The Kier molecular flexibility index (Phi) is 3.46. The van der Waals surface area contributed by atoms with Gasteiger partial charge in [0.1, 0.15) is 0 Å². The van der Waals surface area contributed by atoms with Gasteiger partial charge in [0.2, 0.25) is 5.88 Å². The summed E-state index contributed by atoms with van der Waals surface area (Å²) in [5, 5.41) is 0.687. The predicted octanol–water partition coefficient (Wildman–Crippen LogP) is 3.80. The Morgan fingerprint density at radius 2 is 2.20 bits per heavy atom. The third kappa shape index (κ3) is 2.42. The zero-order valence-corrected chi connectivity index (χ0v) is 12.3. The van der Waals surface area contributed by atoms with Gasteiger partial charge in [0.15, 0.2) is 4.77 Å². The van der Waals surface area contributed by atoms with Crippen LogP contribution in [-0.4, -0.2) is 21.6 Å². The molecule has 2 aromatic heterocycles. The Morgan fingerprint density at radius 3 is 3.00 bits per heavy atom. The zero-order valence-electron chi connectivity index (χ0n) is 10.8. The van der Waals surface area contributed by atoms with Gasteiger partial charge in [-0.3, -0.25) is 0 Å². The van der Waals surface area contributed by atoms with E-state index in [4.69, 9.17) is 28.6 Å². The minimum atomic E-state index is 0.594. The Morgan fingerprint density at radius 1 is 1.35 bits per heavy atom. The Bertz CT molecular complexity index is 825. The number of pyridine rings is 1. The highest BCUT2D eigenvalue weighted by Gasteiger charge is 2.06. The molecule has 2 heterocycles. The molecule has 0 aliphatic heterocycles. The molecule has 1 N–H and O–H groups in total. The van der Waals surface area contributed by atoms with Gasteiger partial charge in [-0.05, 0) is 42.0 Å². The zero-order chi connectivity index (χ0) is 14.1. The number of aromatic amines is 1. The lowest BCUT2D eigenvalue weighted by Crippen LogP contribution is -2.00. The maximum Gasteiger partial charge on any atom is 0.213 e. The van der Waals surface area contributed by atoms with E-state index in [1.807, 2.05) is 34.9 Å². The van der Waals surface area contributed by atoms with E-state index in [-0.39, 0.29) is 0 Å². The summed E-state index contributed by atoms with van der Waals surface area (Å²) in [6.07, 6.45) is 1.73. The van der Waals surface area contributed by atoms with E-state index in [1.165, 1.54) is 0 Å². The molecule has 0 saturated carbocycles. The Hall–Kier alpha value is -1.85. The van der Waals surface area contributed by atoms with Crippen molar-refractivity contribution in [2.45, 2.75) is 6.54 Å². The first-order valence-corrected chi connectivity index (χ1v) is 6.83. The number of fused-ring (bicyclic) bond motifs is 1. The molecule has 3 aromatic rings. The molecule has 0 atom stereocenters. The van der Waals surface area contributed by atoms with Crippen molar-refractivity contribution in [1.29, 1.82) is 0 Å². The second-order valence-corrected chi connectivity index (χ2v) is 5.21. The normalized spacial score (nSPS) is 10.9. The summed E-state index contributed by atoms with van der Waals surface area (Å²) in [4.78, 5) is 7.26. The van der Waals surface area contributed by atoms with Crippen LogP contribution < -0.4 is 4.74 Å². The van der Waals surface area contributed by atoms with E-state index >= 15 is 0 Å². The standard InChI is InChI=1S/C14H12ClN3OS/c1-19-13-6-9(4-5-16-13)8-18-12-3-2-10(15)7-11(12)17-14(18)20/h2-7H,8H2,1H3,(H,17,20). The monoisotopic (exact) mass is 305 g/mol. The van der Waals surface area contributed by atoms with Gasteiger partial charge < -0.3 is 14.3 Å². The SMILES string of the molecule is COc1cc(Cn2c(=S)[nH]c3cc(Cl)ccc32)ccn1. The molecule has 0 unspecified atom stereocenters. The number of methoxy groups -OCH3 is 1. The number of nitrogens with one attached hydrogen (secondary N) is 1. The molecule has 1 aromatic carbocycles. The fourth-order valence-electron chi connectivity index (χ4n) is 2.14. The molecule has 0 spiro atoms. The summed E-state index contributed by atoms with van der Waals surface area (Å²) in [5.74, 6) is 0.594. The highest BCUT2D eigenvalue weighted by molar-refractivity contribution is 7.71. The fraction of sp³-hybridized carbons (Fsp3) is 0.143. The summed E-state index contributed by atoms with van der Waals surface area (Å²) >= 11 is 11.4. The van der Waals surface area contributed by atoms with Crippen molar-refractivity contribution in [3.63, 3.8) is 0 Å². The first-order chi connectivity index (χ1) is 9.67. The number of ether oxygens (including phenoxy) is 1. The maximum atomic E-state index is 5.99. The molecule has 0 bridgehead atoms. The minimum absolute atomic E-state index is 0.594. The van der Waals surface area contributed by atoms with Crippen LogP contribution in [-0.2, 0) is 6.54 Å². The Balaban J connectivity index is 2.06. The van der Waals surface area contributed by atoms with Crippen molar-refractivity contribution in [3.05, 3.63) is 51.9 Å². The van der Waals surface area contributed by atoms with Gasteiger partial charge in [0.25, 0.3) is 0 Å². The first-order valence-electron chi connectivity index (χ1n) is 6.04. The van der Waals surface area contributed by atoms with Crippen LogP contribution in [0.4, 0.5) is 0 Å². The molecule has 0 aliphatic rings. The fourth-order valence-corrected chi connectivity index (χ4v) is 2.58. The van der Waals surface area contributed by atoms with Gasteiger partial charge in [0.05, 0.1) is 24.7 Å². The number of H-pyrrole nitrogens is 1. The molecule has 0 fully saturated rings. The van der Waals surface area contributed by atoms with Gasteiger partial charge in [-0.2, -0.15) is 0 Å². The summed E-state index contributed by atoms with van der Waals surface area (Å²) in [7, 11) is 1.60. The molecule has 20 heavy (non-hydrogen) atoms. The predicted molar refractivity (Wildman–Crippen MR) is 82.0 cm³/mol. The summed E-state index contributed by atoms with van der Waals surface area (Å²) in [6.45, 7) is 0.652. The lowest BCUT2D eigenvalue weighted by Gasteiger charge is -2.06. The van der Waals surface area contributed by atoms with Gasteiger partial charge in [0, 0.05) is 17.3 Å². The number of hydrogen-bond acceptors (Lipinski definition) is 3. The average molecular weight is 306 g/mol. The summed E-state index contributed by atoms with van der Waals surface area (Å²) < 4.78 is 7.82. The van der Waals surface area contributed by atoms with Crippen molar-refractivity contribution in [2.24, 2.45) is 0 Å². The quantitative estimate of drug-likeness (QED) is 0.748. The van der Waals surface area contributed by atoms with E-state index in [1.54, 1.807) is 13.3 Å². The van der Waals surface area contributed by atoms with Crippen LogP contribution in [0.3, 0.4) is 0 Å². The largest absolute Gasteiger partial charge is 0.481 e. The summed E-state index contributed by atoms with van der Waals surface area (Å²) in [5.41, 5.74) is 3.03. The van der Waals surface area contributed by atoms with Crippen LogP contribution >= 0.6 is 23.8 Å². The van der Waals surface area contributed by atoms with Gasteiger partial charge in [-0.15, -0.1) is 0 Å². The summed E-state index contributed by atoms with van der Waals surface area (Å²) in [6, 6.07) is 9.53. The second kappa shape index (κ2) is 5.26. The van der Waals surface area contributed by atoms with Crippen molar-refractivity contribution in [1.82, 2.24) is 14.5 Å². The van der Waals surface area contributed by atoms with Crippen molar-refractivity contribution in [3.8, 4) is 5.88 Å². The smallest absolute Gasteiger partial charge is 0.213 e. The van der Waals surface area contributed by atoms with E-state index in [0.717, 1.165) is 16.6 Å². The molecule has 0 aliphatic carbocycles. The topological polar surface area (TPSA) is 42.8 Å². The average Bonchev–Trinajstić information content (AvgIpc) is 2.74. The number of rotatable bonds is 3. The molecule has 0 radical (unpaired) electrons. The third-order valence-electron chi connectivity index (χ3n) is 3.09. The third-order valence-corrected chi connectivity index (χ3v) is 3.64. The first kappa shape index (κ1) is 13.1. The van der Waals surface area contributed by atoms with Crippen LogP contribution in [0.5, 0.6) is 5.88 Å². The van der Waals surface area contributed by atoms with Crippen molar-refractivity contribution in [2.75, 3.05) is 7.11 Å². The molecular weight excluding hydrogens is 294 g/mol. The van der Waals surface area contributed by atoms with Gasteiger partial charge in [-0.25, -0.2) is 4.98 Å². The van der Waals surface area contributed by atoms with E-state index in [9.17, 15) is 0 Å². The van der Waals surface area contributed by atoms with Crippen molar-refractivity contribution < 1.29 is 4.74 Å². The minimum Gasteiger partial charge on any atom is -0.481 e. The van der Waals surface area contributed by atoms with E-state index < -0.39 is 0 Å². The van der Waals surface area contributed by atoms with Crippen LogP contribution in [0.2, 0.25) is 5.02 Å². The van der Waals surface area contributed by atoms with E-state index in [0.29, 0.717) is 22.2 Å². The van der Waals surface area contributed by atoms with Gasteiger partial charge >= 0.3 is 0 Å². The number of imidazole rings is 1. The molecular formula is C14H12ClN3OS. The Labute approximate surface area is 126 Å². The van der Waals surface area contributed by atoms with Crippen molar-refractivity contribution >= 4 is 34.9 Å². The number of aromatic nitrogens is 3. The number of nitrogens with zero attached hydrogens (tertiary/aromatic N) is 2. The molecule has 0 amide bonds. The number of hydrogen-bond donors (Lipinski definition) is 1. The number of benzene rings is 1. The van der Waals surface area contributed by atoms with E-state index in [2.05, 4.69) is 9.97 Å². The number of halogens is 1. The van der Waals surface area contributed by atoms with Crippen LogP contribution in [0, 0.1) is 4.77 Å². The highest BCUT2D eigenvalue weighted by atomic mass is 35.5. The lowest BCUT2D eigenvalue weighted by molar-refractivity contribution is 0.397. The highest BCUT2D eigenvalue weighted by Crippen LogP contribution is 2.20. The molecule has 6 heteroatoms. The second-order valence-electron chi connectivity index (χ2n) is 4.38. The van der Waals surface area contributed by atoms with Crippen LogP contribution in [0.15, 0.2) is 36.5 Å².